The summed E-state index contributed by atoms with van der Waals surface area (Å²) in [4.78, 5) is 4.99. The third-order valence-electron chi connectivity index (χ3n) is 8.59. The summed E-state index contributed by atoms with van der Waals surface area (Å²) in [5, 5.41) is 0. The predicted octanol–water partition coefficient (Wildman–Crippen LogP) is 9.76. The molecule has 0 aromatic heterocycles. The van der Waals surface area contributed by atoms with Gasteiger partial charge in [0.25, 0.3) is 0 Å². The molecule has 0 N–H and O–H groups in total. The van der Waals surface area contributed by atoms with Gasteiger partial charge >= 0.3 is 0 Å². The van der Waals surface area contributed by atoms with Gasteiger partial charge in [0.05, 0.1) is 18.0 Å². The monoisotopic (exact) mass is 526 g/mol. The van der Waals surface area contributed by atoms with Crippen LogP contribution in [0, 0.1) is 0 Å². The van der Waals surface area contributed by atoms with E-state index in [4.69, 9.17) is 0 Å². The van der Waals surface area contributed by atoms with Gasteiger partial charge in [0, 0.05) is 22.5 Å². The van der Waals surface area contributed by atoms with E-state index in [-0.39, 0.29) is 0 Å². The van der Waals surface area contributed by atoms with E-state index in [1.54, 1.807) is 0 Å². The van der Waals surface area contributed by atoms with Crippen LogP contribution in [-0.4, -0.2) is 6.67 Å². The molecule has 41 heavy (non-hydrogen) atoms. The van der Waals surface area contributed by atoms with Crippen LogP contribution < -0.4 is 9.80 Å². The largest absolute Gasteiger partial charge is 0.322 e. The summed E-state index contributed by atoms with van der Waals surface area (Å²) in [6.45, 7) is 0.672. The molecule has 0 bridgehead atoms. The fourth-order valence-corrected chi connectivity index (χ4v) is 6.74. The fraction of sp³-hybridized carbons (Fsp3) is 0.0769. The molecule has 6 aromatic rings. The number of benzene rings is 6. The summed E-state index contributed by atoms with van der Waals surface area (Å²) in [5.41, 5.74) is 15.8. The summed E-state index contributed by atoms with van der Waals surface area (Å²) in [6.07, 6.45) is 1.96. The molecule has 0 fully saturated rings. The maximum absolute atomic E-state index is 2.49. The number of anilines is 4. The molecule has 2 aliphatic carbocycles. The number of rotatable bonds is 6. The van der Waals surface area contributed by atoms with Crippen molar-refractivity contribution in [2.24, 2.45) is 0 Å². The van der Waals surface area contributed by atoms with E-state index < -0.39 is 0 Å². The van der Waals surface area contributed by atoms with E-state index in [0.717, 1.165) is 12.8 Å². The van der Waals surface area contributed by atoms with Crippen molar-refractivity contribution in [3.63, 3.8) is 0 Å². The van der Waals surface area contributed by atoms with Crippen molar-refractivity contribution in [2.75, 3.05) is 16.5 Å². The normalized spacial score (nSPS) is 12.3. The maximum Gasteiger partial charge on any atom is 0.1000 e. The topological polar surface area (TPSA) is 6.48 Å². The summed E-state index contributed by atoms with van der Waals surface area (Å²) in [7, 11) is 0. The molecular formula is C39H30N2. The van der Waals surface area contributed by atoms with Crippen molar-refractivity contribution < 1.29 is 0 Å². The summed E-state index contributed by atoms with van der Waals surface area (Å²) >= 11 is 0. The van der Waals surface area contributed by atoms with Gasteiger partial charge in [-0.1, -0.05) is 109 Å². The van der Waals surface area contributed by atoms with E-state index >= 15 is 0 Å². The zero-order chi connectivity index (χ0) is 27.2. The average Bonchev–Trinajstić information content (AvgIpc) is 3.61. The van der Waals surface area contributed by atoms with Crippen molar-refractivity contribution in [1.29, 1.82) is 0 Å². The van der Waals surface area contributed by atoms with Crippen LogP contribution in [0.15, 0.2) is 146 Å². The molecule has 2 heteroatoms. The molecule has 0 unspecified atom stereocenters. The lowest BCUT2D eigenvalue weighted by molar-refractivity contribution is 0.926. The molecule has 0 aliphatic heterocycles. The zero-order valence-electron chi connectivity index (χ0n) is 22.9. The van der Waals surface area contributed by atoms with Gasteiger partial charge in [-0.3, -0.25) is 0 Å². The molecule has 0 radical (unpaired) electrons. The highest BCUT2D eigenvalue weighted by Crippen LogP contribution is 2.47. The first-order valence-electron chi connectivity index (χ1n) is 14.4. The van der Waals surface area contributed by atoms with E-state index in [1.807, 2.05) is 0 Å². The third kappa shape index (κ3) is 4.03. The number of para-hydroxylation sites is 2. The van der Waals surface area contributed by atoms with Crippen molar-refractivity contribution in [3.05, 3.63) is 168 Å². The Hall–Kier alpha value is -5.08. The summed E-state index contributed by atoms with van der Waals surface area (Å²) < 4.78 is 0. The van der Waals surface area contributed by atoms with E-state index in [1.165, 1.54) is 67.3 Å². The Morgan fingerprint density at radius 3 is 1.22 bits per heavy atom. The number of nitrogens with zero attached hydrogens (tertiary/aromatic N) is 2. The maximum atomic E-state index is 2.49. The van der Waals surface area contributed by atoms with Gasteiger partial charge in [0.2, 0.25) is 0 Å². The Balaban J connectivity index is 1.33. The molecule has 0 saturated heterocycles. The van der Waals surface area contributed by atoms with Crippen LogP contribution in [0.2, 0.25) is 0 Å². The summed E-state index contributed by atoms with van der Waals surface area (Å²) in [6, 6.07) is 53.0. The number of hydrogen-bond acceptors (Lipinski definition) is 2. The first-order valence-corrected chi connectivity index (χ1v) is 14.4. The summed E-state index contributed by atoms with van der Waals surface area (Å²) in [5.74, 6) is 0. The van der Waals surface area contributed by atoms with Gasteiger partial charge in [-0.15, -0.1) is 0 Å². The van der Waals surface area contributed by atoms with Gasteiger partial charge in [-0.2, -0.15) is 0 Å². The Morgan fingerprint density at radius 2 is 0.756 bits per heavy atom. The van der Waals surface area contributed by atoms with Crippen molar-refractivity contribution in [3.8, 4) is 22.3 Å². The predicted molar refractivity (Wildman–Crippen MR) is 171 cm³/mol. The van der Waals surface area contributed by atoms with Crippen LogP contribution in [0.3, 0.4) is 0 Å². The first kappa shape index (κ1) is 23.8. The molecule has 0 atom stereocenters. The van der Waals surface area contributed by atoms with Crippen LogP contribution >= 0.6 is 0 Å². The van der Waals surface area contributed by atoms with Crippen LogP contribution in [0.4, 0.5) is 22.7 Å². The Morgan fingerprint density at radius 1 is 0.366 bits per heavy atom. The van der Waals surface area contributed by atoms with Crippen molar-refractivity contribution >= 4 is 22.7 Å². The van der Waals surface area contributed by atoms with Crippen molar-refractivity contribution in [1.82, 2.24) is 0 Å². The molecule has 0 amide bonds. The smallest absolute Gasteiger partial charge is 0.1000 e. The van der Waals surface area contributed by atoms with Crippen LogP contribution in [0.25, 0.3) is 22.3 Å². The van der Waals surface area contributed by atoms with Gasteiger partial charge < -0.3 is 9.80 Å². The second-order valence-corrected chi connectivity index (χ2v) is 11.0. The standard InChI is InChI=1S/C39H30N2/c1-3-17-32(18-4-1)40(36-23-11-15-30-25-28-13-7-9-21-34(28)38(30)36)27-41(33-19-5-2-6-20-33)37-24-12-16-31-26-29-14-8-10-22-35(29)39(31)37/h1-24H,25-27H2. The second-order valence-electron chi connectivity index (χ2n) is 11.0. The minimum atomic E-state index is 0.672. The molecule has 8 rings (SSSR count). The Kier molecular flexibility index (Phi) is 5.70. The SMILES string of the molecule is c1ccc(N(CN(c2ccccc2)c2cccc3c2-c2ccccc2C3)c2cccc3c2-c2ccccc2C3)cc1. The second kappa shape index (κ2) is 9.83. The van der Waals surface area contributed by atoms with Gasteiger partial charge in [-0.25, -0.2) is 0 Å². The van der Waals surface area contributed by atoms with E-state index in [9.17, 15) is 0 Å². The fourth-order valence-electron chi connectivity index (χ4n) is 6.74. The minimum Gasteiger partial charge on any atom is -0.322 e. The molecular weight excluding hydrogens is 496 g/mol. The molecule has 0 spiro atoms. The van der Waals surface area contributed by atoms with Gasteiger partial charge in [-0.05, 0) is 82.6 Å². The van der Waals surface area contributed by atoms with Gasteiger partial charge in [0.1, 0.15) is 0 Å². The molecule has 0 heterocycles. The Labute approximate surface area is 241 Å². The highest BCUT2D eigenvalue weighted by atomic mass is 15.3. The third-order valence-corrected chi connectivity index (χ3v) is 8.59. The molecule has 2 nitrogen and oxygen atoms in total. The van der Waals surface area contributed by atoms with E-state index in [0.29, 0.717) is 6.67 Å². The quantitative estimate of drug-likeness (QED) is 0.199. The first-order chi connectivity index (χ1) is 20.3. The molecule has 2 aliphatic rings. The molecule has 0 saturated carbocycles. The molecule has 196 valence electrons. The van der Waals surface area contributed by atoms with E-state index in [2.05, 4.69) is 155 Å². The molecule has 6 aromatic carbocycles. The van der Waals surface area contributed by atoms with Crippen LogP contribution in [0.1, 0.15) is 22.3 Å². The Bertz CT molecular complexity index is 1740. The van der Waals surface area contributed by atoms with Gasteiger partial charge in [0.15, 0.2) is 0 Å². The minimum absolute atomic E-state index is 0.672. The highest BCUT2D eigenvalue weighted by molar-refractivity contribution is 5.92. The number of hydrogen-bond donors (Lipinski definition) is 0. The lowest BCUT2D eigenvalue weighted by Crippen LogP contribution is -2.33. The zero-order valence-corrected chi connectivity index (χ0v) is 22.9. The van der Waals surface area contributed by atoms with Crippen LogP contribution in [0.5, 0.6) is 0 Å². The van der Waals surface area contributed by atoms with Crippen molar-refractivity contribution in [2.45, 2.75) is 12.8 Å². The van der Waals surface area contributed by atoms with Crippen LogP contribution in [-0.2, 0) is 12.8 Å². The average molecular weight is 527 g/mol. The lowest BCUT2D eigenvalue weighted by Gasteiger charge is -2.36. The lowest BCUT2D eigenvalue weighted by atomic mass is 10.0. The number of fused-ring (bicyclic) bond motifs is 6. The highest BCUT2D eigenvalue weighted by Gasteiger charge is 2.28.